The highest BCUT2D eigenvalue weighted by molar-refractivity contribution is 5.97. The maximum Gasteiger partial charge on any atom is 0.230 e. The summed E-state index contributed by atoms with van der Waals surface area (Å²) in [6.45, 7) is 0.724. The molecule has 0 aliphatic carbocycles. The highest BCUT2D eigenvalue weighted by Gasteiger charge is 2.36. The molecule has 7 nitrogen and oxygen atoms in total. The zero-order valence-electron chi connectivity index (χ0n) is 10.7. The van der Waals surface area contributed by atoms with Crippen LogP contribution in [0.25, 0.3) is 5.69 Å². The quantitative estimate of drug-likeness (QED) is 0.819. The molecular weight excluding hydrogens is 258 g/mol. The van der Waals surface area contributed by atoms with Gasteiger partial charge < -0.3 is 9.57 Å². The molecule has 1 aromatic heterocycles. The van der Waals surface area contributed by atoms with Gasteiger partial charge >= 0.3 is 0 Å². The van der Waals surface area contributed by atoms with E-state index >= 15 is 0 Å². The number of nitrogens with zero attached hydrogens (tertiary/aromatic N) is 5. The van der Waals surface area contributed by atoms with Crippen molar-refractivity contribution in [2.24, 2.45) is 11.1 Å². The summed E-state index contributed by atoms with van der Waals surface area (Å²) in [7, 11) is 0. The van der Waals surface area contributed by atoms with E-state index in [2.05, 4.69) is 20.7 Å². The van der Waals surface area contributed by atoms with E-state index in [4.69, 9.17) is 9.57 Å². The van der Waals surface area contributed by atoms with E-state index in [1.807, 2.05) is 30.3 Å². The van der Waals surface area contributed by atoms with Crippen LogP contribution in [0.2, 0.25) is 0 Å². The highest BCUT2D eigenvalue weighted by atomic mass is 16.8. The fourth-order valence-corrected chi connectivity index (χ4v) is 2.57. The molecule has 0 spiro atoms. The number of rotatable bonds is 2. The van der Waals surface area contributed by atoms with E-state index in [0.717, 1.165) is 30.8 Å². The predicted octanol–water partition coefficient (Wildman–Crippen LogP) is 1.15. The molecule has 1 aromatic carbocycles. The summed E-state index contributed by atoms with van der Waals surface area (Å²) < 4.78 is 7.13. The molecule has 1 saturated heterocycles. The summed E-state index contributed by atoms with van der Waals surface area (Å²) >= 11 is 0. The molecule has 102 valence electrons. The van der Waals surface area contributed by atoms with Crippen molar-refractivity contribution in [3.63, 3.8) is 0 Å². The molecule has 2 aromatic rings. The van der Waals surface area contributed by atoms with Crippen molar-refractivity contribution in [1.29, 1.82) is 0 Å². The van der Waals surface area contributed by atoms with Gasteiger partial charge in [-0.15, -0.1) is 5.10 Å². The number of hydrogen-bond acceptors (Lipinski definition) is 6. The van der Waals surface area contributed by atoms with Crippen molar-refractivity contribution in [2.45, 2.75) is 19.1 Å². The Balaban J connectivity index is 1.69. The van der Waals surface area contributed by atoms with Crippen molar-refractivity contribution < 1.29 is 9.57 Å². The van der Waals surface area contributed by atoms with E-state index in [1.54, 1.807) is 4.68 Å². The molecule has 2 atom stereocenters. The van der Waals surface area contributed by atoms with Gasteiger partial charge in [0.25, 0.3) is 0 Å². The van der Waals surface area contributed by atoms with Crippen LogP contribution in [0.4, 0.5) is 0 Å². The molecule has 7 heteroatoms. The third-order valence-corrected chi connectivity index (χ3v) is 3.61. The molecule has 0 amide bonds. The summed E-state index contributed by atoms with van der Waals surface area (Å²) in [5.74, 6) is 0.963. The molecule has 0 saturated carbocycles. The van der Waals surface area contributed by atoms with Crippen molar-refractivity contribution in [1.82, 2.24) is 20.2 Å². The summed E-state index contributed by atoms with van der Waals surface area (Å²) in [5, 5.41) is 16.0. The van der Waals surface area contributed by atoms with Gasteiger partial charge in [0, 0.05) is 12.3 Å². The summed E-state index contributed by atoms with van der Waals surface area (Å²) in [6.07, 6.45) is 1.55. The minimum atomic E-state index is -0.209. The van der Waals surface area contributed by atoms with Gasteiger partial charge in [0.1, 0.15) is 5.71 Å². The summed E-state index contributed by atoms with van der Waals surface area (Å²) in [4.78, 5) is 5.39. The number of fused-ring (bicyclic) bond motifs is 1. The number of para-hydroxylation sites is 1. The maximum absolute atomic E-state index is 5.45. The van der Waals surface area contributed by atoms with Gasteiger partial charge in [0.15, 0.2) is 0 Å². The van der Waals surface area contributed by atoms with Crippen LogP contribution >= 0.6 is 0 Å². The molecule has 0 N–H and O–H groups in total. The van der Waals surface area contributed by atoms with Gasteiger partial charge in [0.2, 0.25) is 12.1 Å². The van der Waals surface area contributed by atoms with E-state index < -0.39 is 0 Å². The zero-order valence-corrected chi connectivity index (χ0v) is 10.7. The lowest BCUT2D eigenvalue weighted by Crippen LogP contribution is -2.28. The van der Waals surface area contributed by atoms with E-state index in [9.17, 15) is 0 Å². The molecule has 2 aliphatic rings. The van der Waals surface area contributed by atoms with E-state index in [1.165, 1.54) is 0 Å². The smallest absolute Gasteiger partial charge is 0.230 e. The third-order valence-electron chi connectivity index (χ3n) is 3.61. The normalized spacial score (nSPS) is 24.9. The maximum atomic E-state index is 5.45. The Morgan fingerprint density at radius 1 is 1.20 bits per heavy atom. The predicted molar refractivity (Wildman–Crippen MR) is 69.2 cm³/mol. The van der Waals surface area contributed by atoms with E-state index in [-0.39, 0.29) is 6.29 Å². The molecule has 2 unspecified atom stereocenters. The fraction of sp³-hybridized carbons (Fsp3) is 0.385. The number of ether oxygens (including phenoxy) is 1. The number of oxime groups is 1. The SMILES string of the molecule is c1ccc(-n2nnnc2C2=NOC3OCCC3C2)cc1. The second-order valence-corrected chi connectivity index (χ2v) is 4.89. The molecule has 3 heterocycles. The molecule has 0 bridgehead atoms. The van der Waals surface area contributed by atoms with Crippen LogP contribution in [0, 0.1) is 5.92 Å². The third kappa shape index (κ3) is 1.87. The molecule has 0 radical (unpaired) electrons. The number of benzene rings is 1. The Morgan fingerprint density at radius 2 is 2.10 bits per heavy atom. The second kappa shape index (κ2) is 4.68. The minimum Gasteiger partial charge on any atom is -0.363 e. The number of hydrogen-bond donors (Lipinski definition) is 0. The highest BCUT2D eigenvalue weighted by Crippen LogP contribution is 2.30. The largest absolute Gasteiger partial charge is 0.363 e. The first-order valence-corrected chi connectivity index (χ1v) is 6.60. The van der Waals surface area contributed by atoms with Gasteiger partial charge in [-0.1, -0.05) is 23.4 Å². The Bertz CT molecular complexity index is 639. The molecule has 1 fully saturated rings. The van der Waals surface area contributed by atoms with Gasteiger partial charge in [-0.3, -0.25) is 0 Å². The van der Waals surface area contributed by atoms with Crippen LogP contribution in [0.1, 0.15) is 18.7 Å². The Labute approximate surface area is 115 Å². The molecule has 4 rings (SSSR count). The monoisotopic (exact) mass is 271 g/mol. The van der Waals surface area contributed by atoms with Crippen LogP contribution in [-0.4, -0.2) is 38.8 Å². The lowest BCUT2D eigenvalue weighted by Gasteiger charge is -2.22. The summed E-state index contributed by atoms with van der Waals surface area (Å²) in [5.41, 5.74) is 1.67. The number of aromatic nitrogens is 4. The first-order chi connectivity index (χ1) is 9.92. The second-order valence-electron chi connectivity index (χ2n) is 4.89. The van der Waals surface area contributed by atoms with Crippen LogP contribution in [0.5, 0.6) is 0 Å². The fourth-order valence-electron chi connectivity index (χ4n) is 2.57. The van der Waals surface area contributed by atoms with Crippen LogP contribution in [0.15, 0.2) is 35.5 Å². The Kier molecular flexibility index (Phi) is 2.70. The summed E-state index contributed by atoms with van der Waals surface area (Å²) in [6, 6.07) is 9.74. The standard InChI is InChI=1S/C13H13N5O2/c1-2-4-10(5-3-1)18-12(14-16-17-18)11-8-9-6-7-19-13(9)20-15-11/h1-5,9,13H,6-8H2. The number of tetrazole rings is 1. The van der Waals surface area contributed by atoms with Crippen LogP contribution in [0.3, 0.4) is 0 Å². The lowest BCUT2D eigenvalue weighted by molar-refractivity contribution is -0.136. The molecular formula is C13H13N5O2. The first-order valence-electron chi connectivity index (χ1n) is 6.60. The molecule has 20 heavy (non-hydrogen) atoms. The van der Waals surface area contributed by atoms with Crippen molar-refractivity contribution in [3.8, 4) is 5.69 Å². The zero-order chi connectivity index (χ0) is 13.4. The molecule has 2 aliphatic heterocycles. The minimum absolute atomic E-state index is 0.209. The van der Waals surface area contributed by atoms with Gasteiger partial charge in [0.05, 0.1) is 12.3 Å². The van der Waals surface area contributed by atoms with Gasteiger partial charge in [-0.25, -0.2) is 0 Å². The van der Waals surface area contributed by atoms with Crippen molar-refractivity contribution in [2.75, 3.05) is 6.61 Å². The van der Waals surface area contributed by atoms with Crippen molar-refractivity contribution >= 4 is 5.71 Å². The Morgan fingerprint density at radius 3 is 3.00 bits per heavy atom. The van der Waals surface area contributed by atoms with Gasteiger partial charge in [-0.05, 0) is 29.0 Å². The van der Waals surface area contributed by atoms with Crippen LogP contribution in [-0.2, 0) is 9.57 Å². The van der Waals surface area contributed by atoms with Gasteiger partial charge in [-0.2, -0.15) is 4.68 Å². The Hall–Kier alpha value is -2.28. The topological polar surface area (TPSA) is 74.4 Å². The first kappa shape index (κ1) is 11.5. The van der Waals surface area contributed by atoms with Crippen molar-refractivity contribution in [3.05, 3.63) is 36.2 Å². The average Bonchev–Trinajstić information content (AvgIpc) is 3.16. The van der Waals surface area contributed by atoms with E-state index in [0.29, 0.717) is 11.7 Å². The van der Waals surface area contributed by atoms with Crippen LogP contribution < -0.4 is 0 Å². The lowest BCUT2D eigenvalue weighted by atomic mass is 9.99. The average molecular weight is 271 g/mol.